The molecule has 1 aromatic heterocycles. The molecule has 6 heteroatoms. The Bertz CT molecular complexity index is 539. The first-order chi connectivity index (χ1) is 8.70. The van der Waals surface area contributed by atoms with Crippen molar-refractivity contribution < 1.29 is 14.4 Å². The van der Waals surface area contributed by atoms with E-state index in [0.29, 0.717) is 11.3 Å². The molecular formula is C12H11NO4S. The molecule has 94 valence electrons. The normalized spacial score (nSPS) is 10.5. The smallest absolute Gasteiger partial charge is 0.269 e. The molecule has 0 radical (unpaired) electrons. The van der Waals surface area contributed by atoms with Crippen LogP contribution in [0.2, 0.25) is 0 Å². The van der Waals surface area contributed by atoms with Crippen LogP contribution in [0.5, 0.6) is 0 Å². The average Bonchev–Trinajstić information content (AvgIpc) is 2.89. The van der Waals surface area contributed by atoms with Crippen LogP contribution in [0.15, 0.2) is 45.9 Å². The lowest BCUT2D eigenvalue weighted by atomic mass is 10.2. The molecule has 0 saturated carbocycles. The number of hydrogen-bond acceptors (Lipinski definition) is 5. The standard InChI is InChI=1S/C12H11NO4S/c14-7-9-6-10(13(15)16)3-4-12(9)18-8-11-2-1-5-17-11/h1-6,14H,7-8H2. The molecule has 1 N–H and O–H groups in total. The third-order valence-electron chi connectivity index (χ3n) is 2.38. The molecule has 18 heavy (non-hydrogen) atoms. The molecule has 1 aromatic carbocycles. The van der Waals surface area contributed by atoms with Gasteiger partial charge in [-0.05, 0) is 23.8 Å². The number of aliphatic hydroxyl groups is 1. The lowest BCUT2D eigenvalue weighted by Crippen LogP contribution is -1.93. The first kappa shape index (κ1) is 12.7. The second-order valence-electron chi connectivity index (χ2n) is 3.58. The van der Waals surface area contributed by atoms with Gasteiger partial charge in [-0.3, -0.25) is 10.1 Å². The first-order valence-electron chi connectivity index (χ1n) is 5.24. The summed E-state index contributed by atoms with van der Waals surface area (Å²) in [7, 11) is 0. The zero-order chi connectivity index (χ0) is 13.0. The fourth-order valence-electron chi connectivity index (χ4n) is 1.49. The molecule has 0 saturated heterocycles. The molecule has 0 atom stereocenters. The van der Waals surface area contributed by atoms with E-state index < -0.39 is 4.92 Å². The Kier molecular flexibility index (Phi) is 4.01. The van der Waals surface area contributed by atoms with Gasteiger partial charge in [0, 0.05) is 17.0 Å². The van der Waals surface area contributed by atoms with Crippen molar-refractivity contribution in [2.75, 3.05) is 0 Å². The molecule has 0 aliphatic rings. The maximum Gasteiger partial charge on any atom is 0.269 e. The van der Waals surface area contributed by atoms with Gasteiger partial charge in [-0.2, -0.15) is 0 Å². The summed E-state index contributed by atoms with van der Waals surface area (Å²) in [5.41, 5.74) is 0.544. The lowest BCUT2D eigenvalue weighted by molar-refractivity contribution is -0.385. The minimum absolute atomic E-state index is 0.0126. The maximum atomic E-state index is 10.6. The molecule has 1 heterocycles. The molecule has 0 spiro atoms. The Morgan fingerprint density at radius 2 is 2.22 bits per heavy atom. The van der Waals surface area contributed by atoms with E-state index in [-0.39, 0.29) is 12.3 Å². The molecule has 0 fully saturated rings. The number of benzene rings is 1. The quantitative estimate of drug-likeness (QED) is 0.511. The number of thioether (sulfide) groups is 1. The van der Waals surface area contributed by atoms with Crippen molar-refractivity contribution >= 4 is 17.4 Å². The Labute approximate surface area is 108 Å². The van der Waals surface area contributed by atoms with Crippen LogP contribution in [-0.2, 0) is 12.4 Å². The zero-order valence-electron chi connectivity index (χ0n) is 9.41. The molecule has 0 aliphatic carbocycles. The van der Waals surface area contributed by atoms with Crippen LogP contribution >= 0.6 is 11.8 Å². The SMILES string of the molecule is O=[N+]([O-])c1ccc(SCc2ccco2)c(CO)c1. The summed E-state index contributed by atoms with van der Waals surface area (Å²) < 4.78 is 5.20. The van der Waals surface area contributed by atoms with E-state index in [4.69, 9.17) is 4.42 Å². The van der Waals surface area contributed by atoms with Crippen LogP contribution in [0, 0.1) is 10.1 Å². The molecule has 0 unspecified atom stereocenters. The number of hydrogen-bond donors (Lipinski definition) is 1. The highest BCUT2D eigenvalue weighted by molar-refractivity contribution is 7.98. The van der Waals surface area contributed by atoms with E-state index in [1.165, 1.54) is 23.9 Å². The van der Waals surface area contributed by atoms with Gasteiger partial charge in [0.15, 0.2) is 0 Å². The van der Waals surface area contributed by atoms with E-state index in [9.17, 15) is 15.2 Å². The third kappa shape index (κ3) is 2.91. The van der Waals surface area contributed by atoms with Crippen LogP contribution in [-0.4, -0.2) is 10.0 Å². The highest BCUT2D eigenvalue weighted by Crippen LogP contribution is 2.29. The van der Waals surface area contributed by atoms with Crippen LogP contribution in [0.4, 0.5) is 5.69 Å². The highest BCUT2D eigenvalue weighted by Gasteiger charge is 2.11. The van der Waals surface area contributed by atoms with Gasteiger partial charge < -0.3 is 9.52 Å². The minimum atomic E-state index is -0.472. The van der Waals surface area contributed by atoms with Crippen molar-refractivity contribution in [3.05, 3.63) is 58.0 Å². The van der Waals surface area contributed by atoms with E-state index in [0.717, 1.165) is 10.7 Å². The van der Waals surface area contributed by atoms with Gasteiger partial charge in [0.05, 0.1) is 23.5 Å². The van der Waals surface area contributed by atoms with Crippen LogP contribution in [0.1, 0.15) is 11.3 Å². The molecule has 0 aliphatic heterocycles. The monoisotopic (exact) mass is 265 g/mol. The molecule has 0 bridgehead atoms. The van der Waals surface area contributed by atoms with Gasteiger partial charge in [-0.25, -0.2) is 0 Å². The Morgan fingerprint density at radius 1 is 1.39 bits per heavy atom. The van der Waals surface area contributed by atoms with E-state index in [1.54, 1.807) is 18.4 Å². The number of nitrogens with zero attached hydrogens (tertiary/aromatic N) is 1. The summed E-state index contributed by atoms with van der Waals surface area (Å²) in [5.74, 6) is 1.44. The van der Waals surface area contributed by atoms with Crippen LogP contribution in [0.25, 0.3) is 0 Å². The van der Waals surface area contributed by atoms with Crippen molar-refractivity contribution in [1.82, 2.24) is 0 Å². The van der Waals surface area contributed by atoms with E-state index >= 15 is 0 Å². The largest absolute Gasteiger partial charge is 0.468 e. The summed E-state index contributed by atoms with van der Waals surface area (Å²) >= 11 is 1.47. The summed E-state index contributed by atoms with van der Waals surface area (Å²) in [6.07, 6.45) is 1.60. The van der Waals surface area contributed by atoms with Gasteiger partial charge >= 0.3 is 0 Å². The Morgan fingerprint density at radius 3 is 2.83 bits per heavy atom. The Balaban J connectivity index is 2.14. The van der Waals surface area contributed by atoms with Crippen molar-refractivity contribution in [1.29, 1.82) is 0 Å². The topological polar surface area (TPSA) is 76.5 Å². The highest BCUT2D eigenvalue weighted by atomic mass is 32.2. The van der Waals surface area contributed by atoms with Gasteiger partial charge in [0.25, 0.3) is 5.69 Å². The summed E-state index contributed by atoms with van der Waals surface area (Å²) in [4.78, 5) is 11.0. The Hall–Kier alpha value is -1.79. The maximum absolute atomic E-state index is 10.6. The number of nitro benzene ring substituents is 1. The fraction of sp³-hybridized carbons (Fsp3) is 0.167. The molecular weight excluding hydrogens is 254 g/mol. The number of furan rings is 1. The summed E-state index contributed by atoms with van der Waals surface area (Å²) in [6, 6.07) is 8.14. The van der Waals surface area contributed by atoms with Gasteiger partial charge in [0.2, 0.25) is 0 Å². The van der Waals surface area contributed by atoms with E-state index in [2.05, 4.69) is 0 Å². The predicted molar refractivity (Wildman–Crippen MR) is 67.3 cm³/mol. The van der Waals surface area contributed by atoms with Gasteiger partial charge in [0.1, 0.15) is 5.76 Å². The van der Waals surface area contributed by atoms with Crippen molar-refractivity contribution in [2.24, 2.45) is 0 Å². The number of non-ortho nitro benzene ring substituents is 1. The lowest BCUT2D eigenvalue weighted by Gasteiger charge is -2.05. The number of aliphatic hydroxyl groups excluding tert-OH is 1. The molecule has 0 amide bonds. The number of nitro groups is 1. The molecule has 2 aromatic rings. The summed E-state index contributed by atoms with van der Waals surface area (Å²) in [6.45, 7) is -0.220. The fourth-order valence-corrected chi connectivity index (χ4v) is 2.42. The van der Waals surface area contributed by atoms with Crippen LogP contribution < -0.4 is 0 Å². The number of rotatable bonds is 5. The second-order valence-corrected chi connectivity index (χ2v) is 4.59. The molecule has 5 nitrogen and oxygen atoms in total. The second kappa shape index (κ2) is 5.70. The van der Waals surface area contributed by atoms with Crippen LogP contribution in [0.3, 0.4) is 0 Å². The van der Waals surface area contributed by atoms with Gasteiger partial charge in [-0.1, -0.05) is 0 Å². The van der Waals surface area contributed by atoms with Crippen molar-refractivity contribution in [3.8, 4) is 0 Å². The predicted octanol–water partition coefficient (Wildman–Crippen LogP) is 2.97. The zero-order valence-corrected chi connectivity index (χ0v) is 10.2. The van der Waals surface area contributed by atoms with Crippen molar-refractivity contribution in [2.45, 2.75) is 17.3 Å². The summed E-state index contributed by atoms with van der Waals surface area (Å²) in [5, 5.41) is 19.8. The van der Waals surface area contributed by atoms with Crippen molar-refractivity contribution in [3.63, 3.8) is 0 Å². The third-order valence-corrected chi connectivity index (χ3v) is 3.51. The average molecular weight is 265 g/mol. The first-order valence-corrected chi connectivity index (χ1v) is 6.22. The molecule has 2 rings (SSSR count). The minimum Gasteiger partial charge on any atom is -0.468 e. The van der Waals surface area contributed by atoms with Gasteiger partial charge in [-0.15, -0.1) is 11.8 Å². The van der Waals surface area contributed by atoms with E-state index in [1.807, 2.05) is 6.07 Å².